The summed E-state index contributed by atoms with van der Waals surface area (Å²) < 4.78 is 33.9. The summed E-state index contributed by atoms with van der Waals surface area (Å²) in [6.45, 7) is 0. The number of hydrogen-bond donors (Lipinski definition) is 0. The number of rotatable bonds is 3. The Labute approximate surface area is 184 Å². The van der Waals surface area contributed by atoms with E-state index in [-0.39, 0.29) is 17.8 Å². The molecule has 0 atom stereocenters. The maximum atomic E-state index is 14.1. The lowest BCUT2D eigenvalue weighted by molar-refractivity contribution is -0.139. The lowest BCUT2D eigenvalue weighted by Crippen LogP contribution is -2.35. The molecule has 1 aliphatic carbocycles. The zero-order chi connectivity index (χ0) is 21.5. The predicted molar refractivity (Wildman–Crippen MR) is 113 cm³/mol. The molecule has 0 amide bonds. The van der Waals surface area contributed by atoms with Gasteiger partial charge in [0.05, 0.1) is 18.5 Å². The summed E-state index contributed by atoms with van der Waals surface area (Å²) in [5.41, 5.74) is 1.71. The molecule has 2 aliphatic heterocycles. The predicted octanol–water partition coefficient (Wildman–Crippen LogP) is 4.22. The molecule has 7 nitrogen and oxygen atoms in total. The summed E-state index contributed by atoms with van der Waals surface area (Å²) in [7, 11) is 0. The fourth-order valence-corrected chi connectivity index (χ4v) is 5.00. The van der Waals surface area contributed by atoms with E-state index in [9.17, 15) is 4.39 Å². The monoisotopic (exact) mass is 434 g/mol. The Hall–Kier alpha value is -3.42. The van der Waals surface area contributed by atoms with Gasteiger partial charge in [-0.3, -0.25) is 4.57 Å². The SMILES string of the molecule is Fc1ccc2c(c1)CC1(Cc3nnc(C4CCC(Oc5ccccn5)CC4)n3-2)OC=CO1. The van der Waals surface area contributed by atoms with Crippen molar-refractivity contribution in [3.8, 4) is 11.6 Å². The van der Waals surface area contributed by atoms with Gasteiger partial charge in [-0.25, -0.2) is 9.37 Å². The fourth-order valence-electron chi connectivity index (χ4n) is 5.00. The van der Waals surface area contributed by atoms with Crippen LogP contribution < -0.4 is 4.74 Å². The van der Waals surface area contributed by atoms with Gasteiger partial charge in [0.2, 0.25) is 5.88 Å². The van der Waals surface area contributed by atoms with E-state index in [2.05, 4.69) is 19.7 Å². The van der Waals surface area contributed by atoms with Gasteiger partial charge in [0.1, 0.15) is 36.1 Å². The number of hydrogen-bond acceptors (Lipinski definition) is 6. The third kappa shape index (κ3) is 3.39. The Morgan fingerprint density at radius 3 is 2.62 bits per heavy atom. The van der Waals surface area contributed by atoms with Gasteiger partial charge in [0.15, 0.2) is 0 Å². The molecule has 3 aromatic rings. The first-order chi connectivity index (χ1) is 15.7. The number of halogens is 1. The van der Waals surface area contributed by atoms with E-state index < -0.39 is 5.79 Å². The second kappa shape index (κ2) is 7.62. The fraction of sp³-hybridized carbons (Fsp3) is 0.375. The third-order valence-electron chi connectivity index (χ3n) is 6.51. The van der Waals surface area contributed by atoms with Gasteiger partial charge in [-0.15, -0.1) is 10.2 Å². The zero-order valence-corrected chi connectivity index (χ0v) is 17.5. The van der Waals surface area contributed by atoms with Gasteiger partial charge < -0.3 is 14.2 Å². The largest absolute Gasteiger partial charge is 0.474 e. The van der Waals surface area contributed by atoms with Crippen molar-refractivity contribution in [3.05, 3.63) is 78.1 Å². The van der Waals surface area contributed by atoms with Crippen molar-refractivity contribution in [1.82, 2.24) is 19.7 Å². The van der Waals surface area contributed by atoms with E-state index >= 15 is 0 Å². The quantitative estimate of drug-likeness (QED) is 0.615. The lowest BCUT2D eigenvalue weighted by Gasteiger charge is -2.28. The Morgan fingerprint density at radius 2 is 1.84 bits per heavy atom. The van der Waals surface area contributed by atoms with Crippen LogP contribution in [0.3, 0.4) is 0 Å². The maximum absolute atomic E-state index is 14.1. The number of pyridine rings is 1. The summed E-state index contributed by atoms with van der Waals surface area (Å²) in [6, 6.07) is 10.5. The molecule has 2 aromatic heterocycles. The van der Waals surface area contributed by atoms with Crippen LogP contribution in [0.1, 0.15) is 48.8 Å². The highest BCUT2D eigenvalue weighted by molar-refractivity contribution is 5.46. The first-order valence-corrected chi connectivity index (χ1v) is 11.0. The van der Waals surface area contributed by atoms with Gasteiger partial charge >= 0.3 is 0 Å². The second-order valence-electron chi connectivity index (χ2n) is 8.61. The molecule has 3 aliphatic rings. The van der Waals surface area contributed by atoms with Crippen molar-refractivity contribution in [1.29, 1.82) is 0 Å². The van der Waals surface area contributed by atoms with E-state index in [1.165, 1.54) is 18.6 Å². The second-order valence-corrected chi connectivity index (χ2v) is 8.61. The lowest BCUT2D eigenvalue weighted by atomic mass is 9.86. The Morgan fingerprint density at radius 1 is 1.00 bits per heavy atom. The molecule has 4 heterocycles. The van der Waals surface area contributed by atoms with Crippen LogP contribution in [-0.4, -0.2) is 31.6 Å². The van der Waals surface area contributed by atoms with Crippen molar-refractivity contribution in [2.75, 3.05) is 0 Å². The Kier molecular flexibility index (Phi) is 4.59. The van der Waals surface area contributed by atoms with Crippen molar-refractivity contribution in [2.24, 2.45) is 0 Å². The van der Waals surface area contributed by atoms with E-state index in [0.717, 1.165) is 48.6 Å². The molecule has 1 spiro atoms. The molecule has 0 unspecified atom stereocenters. The van der Waals surface area contributed by atoms with Gasteiger partial charge in [-0.05, 0) is 55.5 Å². The maximum Gasteiger partial charge on any atom is 0.260 e. The van der Waals surface area contributed by atoms with Crippen molar-refractivity contribution in [2.45, 2.75) is 56.3 Å². The topological polar surface area (TPSA) is 71.3 Å². The molecule has 6 rings (SSSR count). The molecule has 8 heteroatoms. The number of benzene rings is 1. The molecule has 0 saturated heterocycles. The molecular weight excluding hydrogens is 411 g/mol. The molecule has 32 heavy (non-hydrogen) atoms. The zero-order valence-electron chi connectivity index (χ0n) is 17.5. The van der Waals surface area contributed by atoms with Crippen LogP contribution in [0.15, 0.2) is 55.1 Å². The molecule has 164 valence electrons. The molecule has 0 radical (unpaired) electrons. The van der Waals surface area contributed by atoms with Crippen molar-refractivity contribution in [3.63, 3.8) is 0 Å². The van der Waals surface area contributed by atoms with E-state index in [1.807, 2.05) is 18.2 Å². The third-order valence-corrected chi connectivity index (χ3v) is 6.51. The van der Waals surface area contributed by atoms with Crippen LogP contribution in [0.4, 0.5) is 4.39 Å². The number of fused-ring (bicyclic) bond motifs is 3. The first kappa shape index (κ1) is 19.3. The van der Waals surface area contributed by atoms with E-state index in [1.54, 1.807) is 18.3 Å². The van der Waals surface area contributed by atoms with Crippen LogP contribution in [0.5, 0.6) is 5.88 Å². The van der Waals surface area contributed by atoms with Crippen molar-refractivity contribution < 1.29 is 18.6 Å². The van der Waals surface area contributed by atoms with Gasteiger partial charge in [-0.1, -0.05) is 6.07 Å². The summed E-state index contributed by atoms with van der Waals surface area (Å²) >= 11 is 0. The van der Waals surface area contributed by atoms with Crippen LogP contribution in [0.2, 0.25) is 0 Å². The molecule has 1 aromatic carbocycles. The molecule has 0 bridgehead atoms. The minimum absolute atomic E-state index is 0.142. The highest BCUT2D eigenvalue weighted by Gasteiger charge is 2.42. The minimum atomic E-state index is -0.907. The minimum Gasteiger partial charge on any atom is -0.474 e. The Balaban J connectivity index is 1.28. The van der Waals surface area contributed by atoms with Crippen LogP contribution in [0.25, 0.3) is 5.69 Å². The van der Waals surface area contributed by atoms with Gasteiger partial charge in [0, 0.05) is 18.2 Å². The van der Waals surface area contributed by atoms with Gasteiger partial charge in [0.25, 0.3) is 5.79 Å². The Bertz CT molecular complexity index is 1150. The van der Waals surface area contributed by atoms with Crippen LogP contribution in [0, 0.1) is 5.82 Å². The highest BCUT2D eigenvalue weighted by atomic mass is 19.1. The van der Waals surface area contributed by atoms with Crippen LogP contribution in [-0.2, 0) is 22.3 Å². The smallest absolute Gasteiger partial charge is 0.260 e. The average molecular weight is 434 g/mol. The summed E-state index contributed by atoms with van der Waals surface area (Å²) in [6.07, 6.45) is 9.53. The molecule has 1 saturated carbocycles. The summed E-state index contributed by atoms with van der Waals surface area (Å²) in [5, 5.41) is 9.09. The first-order valence-electron chi connectivity index (χ1n) is 11.0. The standard InChI is InChI=1S/C24H23FN4O3/c25-18-6-9-20-17(13-18)14-24(30-11-12-31-24)15-21-27-28-23(29(20)21)16-4-7-19(8-5-16)32-22-3-1-2-10-26-22/h1-3,6,9-13,16,19H,4-5,7-8,14-15H2. The summed E-state index contributed by atoms with van der Waals surface area (Å²) in [4.78, 5) is 4.27. The average Bonchev–Trinajstić information content (AvgIpc) is 3.40. The highest BCUT2D eigenvalue weighted by Crippen LogP contribution is 2.39. The molecule has 0 N–H and O–H groups in total. The summed E-state index contributed by atoms with van der Waals surface area (Å²) in [5.74, 6) is 1.40. The number of ether oxygens (including phenoxy) is 3. The number of aromatic nitrogens is 4. The molecule has 1 fully saturated rings. The normalized spacial score (nSPS) is 23.0. The van der Waals surface area contributed by atoms with E-state index in [4.69, 9.17) is 14.2 Å². The van der Waals surface area contributed by atoms with Crippen molar-refractivity contribution >= 4 is 0 Å². The van der Waals surface area contributed by atoms with Gasteiger partial charge in [-0.2, -0.15) is 0 Å². The number of nitrogens with zero attached hydrogens (tertiary/aromatic N) is 4. The van der Waals surface area contributed by atoms with Crippen LogP contribution >= 0.6 is 0 Å². The molecular formula is C24H23FN4O3. The van der Waals surface area contributed by atoms with E-state index in [0.29, 0.717) is 18.7 Å².